The summed E-state index contributed by atoms with van der Waals surface area (Å²) in [4.78, 5) is 15.5. The van der Waals surface area contributed by atoms with E-state index in [1.54, 1.807) is 0 Å². The first kappa shape index (κ1) is 29.4. The van der Waals surface area contributed by atoms with Crippen molar-refractivity contribution in [1.82, 2.24) is 15.0 Å². The predicted molar refractivity (Wildman–Crippen MR) is 207 cm³/mol. The van der Waals surface area contributed by atoms with Crippen molar-refractivity contribution in [2.75, 3.05) is 0 Å². The highest BCUT2D eigenvalue weighted by Gasteiger charge is 2.17. The first-order valence-electron chi connectivity index (χ1n) is 16.9. The smallest absolute Gasteiger partial charge is 0.164 e. The van der Waals surface area contributed by atoms with Gasteiger partial charge in [-0.05, 0) is 73.1 Å². The van der Waals surface area contributed by atoms with E-state index in [2.05, 4.69) is 170 Å². The second kappa shape index (κ2) is 12.7. The lowest BCUT2D eigenvalue weighted by molar-refractivity contribution is 1.07. The van der Waals surface area contributed by atoms with Crippen molar-refractivity contribution < 1.29 is 0 Å². The molecule has 0 N–H and O–H groups in total. The molecule has 1 heterocycles. The number of benzene rings is 8. The Morgan fingerprint density at radius 1 is 0.240 bits per heavy atom. The molecule has 0 saturated carbocycles. The molecule has 0 bridgehead atoms. The molecule has 8 aromatic carbocycles. The molecule has 0 fully saturated rings. The number of fused-ring (bicyclic) bond motifs is 2. The standard InChI is InChI=1S/C47H31N3/c1-3-13-32(14-4-1)35-25-26-37-30-40(28-27-36(37)29-35)46-48-45(49-47(50-46)44-23-10-9-22-42(44)33-15-5-2-6-16-33)39-20-11-19-38(31-39)43-24-12-18-34-17-7-8-21-41(34)43/h1-31H. The number of nitrogens with zero attached hydrogens (tertiary/aromatic N) is 3. The minimum Gasteiger partial charge on any atom is -0.208 e. The van der Waals surface area contributed by atoms with Crippen LogP contribution in [-0.4, -0.2) is 15.0 Å². The molecule has 234 valence electrons. The summed E-state index contributed by atoms with van der Waals surface area (Å²) in [5.41, 5.74) is 9.72. The van der Waals surface area contributed by atoms with E-state index in [-0.39, 0.29) is 0 Å². The Kier molecular flexibility index (Phi) is 7.49. The summed E-state index contributed by atoms with van der Waals surface area (Å²) in [6.07, 6.45) is 0. The first-order valence-corrected chi connectivity index (χ1v) is 16.9. The van der Waals surface area contributed by atoms with E-state index >= 15 is 0 Å². The van der Waals surface area contributed by atoms with Crippen LogP contribution >= 0.6 is 0 Å². The highest BCUT2D eigenvalue weighted by molar-refractivity contribution is 5.97. The number of rotatable bonds is 6. The van der Waals surface area contributed by atoms with Crippen molar-refractivity contribution in [3.63, 3.8) is 0 Å². The van der Waals surface area contributed by atoms with Crippen LogP contribution in [0, 0.1) is 0 Å². The molecule has 0 atom stereocenters. The Morgan fingerprint density at radius 3 is 1.52 bits per heavy atom. The monoisotopic (exact) mass is 637 g/mol. The van der Waals surface area contributed by atoms with E-state index in [4.69, 9.17) is 15.0 Å². The van der Waals surface area contributed by atoms with Gasteiger partial charge in [-0.15, -0.1) is 0 Å². The molecule has 0 aliphatic carbocycles. The summed E-state index contributed by atoms with van der Waals surface area (Å²) < 4.78 is 0. The van der Waals surface area contributed by atoms with E-state index in [1.807, 2.05) is 18.2 Å². The molecular formula is C47H31N3. The lowest BCUT2D eigenvalue weighted by atomic mass is 9.96. The lowest BCUT2D eigenvalue weighted by Gasteiger charge is -2.13. The van der Waals surface area contributed by atoms with Gasteiger partial charge in [0.2, 0.25) is 0 Å². The molecule has 3 nitrogen and oxygen atoms in total. The van der Waals surface area contributed by atoms with E-state index in [9.17, 15) is 0 Å². The predicted octanol–water partition coefficient (Wildman–Crippen LogP) is 12.2. The molecule has 0 saturated heterocycles. The van der Waals surface area contributed by atoms with Gasteiger partial charge in [-0.3, -0.25) is 0 Å². The molecule has 1 aromatic heterocycles. The highest BCUT2D eigenvalue weighted by Crippen LogP contribution is 2.35. The third-order valence-corrected chi connectivity index (χ3v) is 9.32. The van der Waals surface area contributed by atoms with Crippen molar-refractivity contribution in [2.24, 2.45) is 0 Å². The fourth-order valence-electron chi connectivity index (χ4n) is 6.80. The zero-order valence-corrected chi connectivity index (χ0v) is 27.2. The van der Waals surface area contributed by atoms with Gasteiger partial charge in [0.25, 0.3) is 0 Å². The second-order valence-electron chi connectivity index (χ2n) is 12.5. The summed E-state index contributed by atoms with van der Waals surface area (Å²) in [5.74, 6) is 1.91. The molecule has 0 spiro atoms. The molecule has 50 heavy (non-hydrogen) atoms. The third-order valence-electron chi connectivity index (χ3n) is 9.32. The average molecular weight is 638 g/mol. The quantitative estimate of drug-likeness (QED) is 0.182. The van der Waals surface area contributed by atoms with Crippen LogP contribution in [0.4, 0.5) is 0 Å². The van der Waals surface area contributed by atoms with Gasteiger partial charge in [0, 0.05) is 16.7 Å². The van der Waals surface area contributed by atoms with Crippen LogP contribution in [-0.2, 0) is 0 Å². The summed E-state index contributed by atoms with van der Waals surface area (Å²) in [5, 5.41) is 4.73. The van der Waals surface area contributed by atoms with Crippen molar-refractivity contribution in [1.29, 1.82) is 0 Å². The Morgan fingerprint density at radius 2 is 0.740 bits per heavy atom. The Balaban J connectivity index is 1.21. The van der Waals surface area contributed by atoms with Gasteiger partial charge in [-0.1, -0.05) is 170 Å². The maximum Gasteiger partial charge on any atom is 0.164 e. The SMILES string of the molecule is c1ccc(-c2ccc3cc(-c4nc(-c5cccc(-c6cccc7ccccc67)c5)nc(-c5ccccc5-c5ccccc5)n4)ccc3c2)cc1. The molecule has 0 aliphatic rings. The van der Waals surface area contributed by atoms with Crippen molar-refractivity contribution in [3.05, 3.63) is 188 Å². The van der Waals surface area contributed by atoms with Crippen LogP contribution in [0.3, 0.4) is 0 Å². The average Bonchev–Trinajstić information content (AvgIpc) is 3.21. The minimum atomic E-state index is 0.634. The molecule has 0 radical (unpaired) electrons. The molecular weight excluding hydrogens is 607 g/mol. The normalized spacial score (nSPS) is 11.2. The number of hydrogen-bond acceptors (Lipinski definition) is 3. The van der Waals surface area contributed by atoms with Gasteiger partial charge in [-0.2, -0.15) is 0 Å². The topological polar surface area (TPSA) is 38.7 Å². The van der Waals surface area contributed by atoms with Crippen molar-refractivity contribution >= 4 is 21.5 Å². The fraction of sp³-hybridized carbons (Fsp3) is 0. The van der Waals surface area contributed by atoms with E-state index in [0.29, 0.717) is 17.5 Å². The van der Waals surface area contributed by atoms with Gasteiger partial charge in [-0.25, -0.2) is 15.0 Å². The molecule has 3 heteroatoms. The van der Waals surface area contributed by atoms with Gasteiger partial charge in [0.1, 0.15) is 0 Å². The third kappa shape index (κ3) is 5.61. The molecule has 9 rings (SSSR count). The molecule has 0 amide bonds. The maximum absolute atomic E-state index is 5.17. The zero-order chi connectivity index (χ0) is 33.3. The van der Waals surface area contributed by atoms with Crippen molar-refractivity contribution in [3.8, 4) is 67.5 Å². The summed E-state index contributed by atoms with van der Waals surface area (Å²) in [7, 11) is 0. The minimum absolute atomic E-state index is 0.634. The van der Waals surface area contributed by atoms with E-state index in [1.165, 1.54) is 32.8 Å². The van der Waals surface area contributed by atoms with Crippen LogP contribution in [0.1, 0.15) is 0 Å². The first-order chi connectivity index (χ1) is 24.8. The Bertz CT molecular complexity index is 2640. The van der Waals surface area contributed by atoms with Gasteiger partial charge >= 0.3 is 0 Å². The number of hydrogen-bond donors (Lipinski definition) is 0. The summed E-state index contributed by atoms with van der Waals surface area (Å²) in [6.45, 7) is 0. The van der Waals surface area contributed by atoms with Gasteiger partial charge < -0.3 is 0 Å². The fourth-order valence-corrected chi connectivity index (χ4v) is 6.80. The zero-order valence-electron chi connectivity index (χ0n) is 27.2. The van der Waals surface area contributed by atoms with Crippen LogP contribution < -0.4 is 0 Å². The maximum atomic E-state index is 5.17. The number of aromatic nitrogens is 3. The Hall–Kier alpha value is -6.71. The van der Waals surface area contributed by atoms with Crippen LogP contribution in [0.15, 0.2) is 188 Å². The van der Waals surface area contributed by atoms with Crippen LogP contribution in [0.5, 0.6) is 0 Å². The second-order valence-corrected chi connectivity index (χ2v) is 12.5. The molecule has 0 aliphatic heterocycles. The molecule has 0 unspecified atom stereocenters. The summed E-state index contributed by atoms with van der Waals surface area (Å²) >= 11 is 0. The van der Waals surface area contributed by atoms with Crippen LogP contribution in [0.25, 0.3) is 89.1 Å². The highest BCUT2D eigenvalue weighted by atomic mass is 15.0. The lowest BCUT2D eigenvalue weighted by Crippen LogP contribution is -2.01. The van der Waals surface area contributed by atoms with Crippen molar-refractivity contribution in [2.45, 2.75) is 0 Å². The largest absolute Gasteiger partial charge is 0.208 e. The van der Waals surface area contributed by atoms with Gasteiger partial charge in [0.15, 0.2) is 17.5 Å². The van der Waals surface area contributed by atoms with Crippen LogP contribution in [0.2, 0.25) is 0 Å². The van der Waals surface area contributed by atoms with E-state index < -0.39 is 0 Å². The van der Waals surface area contributed by atoms with E-state index in [0.717, 1.165) is 38.8 Å². The summed E-state index contributed by atoms with van der Waals surface area (Å²) in [6, 6.07) is 65.8. The Labute approximate surface area is 291 Å². The molecule has 9 aromatic rings. The van der Waals surface area contributed by atoms with Gasteiger partial charge in [0.05, 0.1) is 0 Å².